The molecule has 1 saturated heterocycles. The molecule has 2 heterocycles. The predicted molar refractivity (Wildman–Crippen MR) is 144 cm³/mol. The summed E-state index contributed by atoms with van der Waals surface area (Å²) in [5.41, 5.74) is 1.05. The third-order valence-electron chi connectivity index (χ3n) is 7.59. The van der Waals surface area contributed by atoms with Crippen LogP contribution in [0.2, 0.25) is 0 Å². The molecule has 1 amide bonds. The smallest absolute Gasteiger partial charge is 0.315 e. The van der Waals surface area contributed by atoms with Gasteiger partial charge in [0.2, 0.25) is 11.6 Å². The lowest BCUT2D eigenvalue weighted by molar-refractivity contribution is -0.715. The third kappa shape index (κ3) is 5.56. The molecule has 194 valence electrons. The van der Waals surface area contributed by atoms with E-state index in [1.807, 2.05) is 48.2 Å². The van der Waals surface area contributed by atoms with Crippen LogP contribution in [0, 0.1) is 16.3 Å². The van der Waals surface area contributed by atoms with E-state index in [1.165, 1.54) is 32.1 Å². The second-order valence-electron chi connectivity index (χ2n) is 9.93. The molecular weight excluding hydrogens is 456 g/mol. The van der Waals surface area contributed by atoms with Crippen molar-refractivity contribution in [2.24, 2.45) is 5.92 Å². The lowest BCUT2D eigenvalue weighted by Gasteiger charge is -2.39. The Hall–Kier alpha value is -2.94. The van der Waals surface area contributed by atoms with Crippen LogP contribution in [-0.4, -0.2) is 41.6 Å². The Labute approximate surface area is 212 Å². The van der Waals surface area contributed by atoms with Crippen molar-refractivity contribution >= 4 is 28.2 Å². The van der Waals surface area contributed by atoms with E-state index in [0.717, 1.165) is 17.3 Å². The summed E-state index contributed by atoms with van der Waals surface area (Å²) < 4.78 is 1.63. The molecule has 1 aliphatic heterocycles. The SMILES string of the molecule is C/C=C\C=C(/C)C(=O)N1CCN(c2c([NH+]([O-])[O-])c(=O)n(CCC3CCCCC3)c3ccccc23)CC1. The maximum Gasteiger partial charge on any atom is 0.315 e. The number of aromatic nitrogens is 1. The zero-order chi connectivity index (χ0) is 25.7. The average molecular weight is 494 g/mol. The molecular formula is C28H37N4O4-. The normalized spacial score (nSPS) is 18.1. The molecule has 1 aromatic carbocycles. The fraction of sp³-hybridized carbons (Fsp3) is 0.500. The van der Waals surface area contributed by atoms with Crippen molar-refractivity contribution in [3.05, 3.63) is 68.8 Å². The number of hydrogen-bond donors (Lipinski definition) is 1. The van der Waals surface area contributed by atoms with Crippen molar-refractivity contribution < 1.29 is 10.0 Å². The number of carbonyl (C=O) groups is 1. The lowest BCUT2D eigenvalue weighted by Crippen LogP contribution is -2.97. The van der Waals surface area contributed by atoms with Crippen molar-refractivity contribution in [1.82, 2.24) is 9.47 Å². The molecule has 0 atom stereocenters. The summed E-state index contributed by atoms with van der Waals surface area (Å²) in [6.07, 6.45) is 12.4. The topological polar surface area (TPSA) is 96.1 Å². The number of allylic oxidation sites excluding steroid dienone is 3. The molecule has 0 radical (unpaired) electrons. The van der Waals surface area contributed by atoms with Gasteiger partial charge in [0.05, 0.1) is 5.52 Å². The van der Waals surface area contributed by atoms with Crippen LogP contribution < -0.4 is 15.7 Å². The van der Waals surface area contributed by atoms with Gasteiger partial charge in [-0.25, -0.2) is 0 Å². The molecule has 4 rings (SSSR count). The molecule has 2 aromatic rings. The highest BCUT2D eigenvalue weighted by Gasteiger charge is 2.29. The number of pyridine rings is 1. The summed E-state index contributed by atoms with van der Waals surface area (Å²) in [4.78, 5) is 30.0. The third-order valence-corrected chi connectivity index (χ3v) is 7.59. The summed E-state index contributed by atoms with van der Waals surface area (Å²) in [5, 5.41) is 23.9. The number of hydrogen-bond acceptors (Lipinski definition) is 5. The number of para-hydroxylation sites is 1. The summed E-state index contributed by atoms with van der Waals surface area (Å²) in [7, 11) is 0. The van der Waals surface area contributed by atoms with Gasteiger partial charge in [-0.2, -0.15) is 0 Å². The van der Waals surface area contributed by atoms with E-state index < -0.39 is 10.8 Å². The standard InChI is InChI=1S/C28H37N4O4/c1-3-4-10-21(2)27(33)30-19-17-29(18-20-30)25-23-13-8-9-14-24(23)31(28(34)26(25)32(35)36)16-15-22-11-6-5-7-12-22/h3-4,8-10,13-14,22,32H,5-7,11-12,15-20H2,1-2H3/q-1/b4-3-,21-10+. The molecule has 0 spiro atoms. The Balaban J connectivity index is 1.64. The Morgan fingerprint density at radius 3 is 2.44 bits per heavy atom. The van der Waals surface area contributed by atoms with Gasteiger partial charge in [0.15, 0.2) is 0 Å². The summed E-state index contributed by atoms with van der Waals surface area (Å²) in [6, 6.07) is 7.54. The maximum absolute atomic E-state index is 13.6. The zero-order valence-electron chi connectivity index (χ0n) is 21.4. The number of amides is 1. The first-order chi connectivity index (χ1) is 17.4. The quantitative estimate of drug-likeness (QED) is 0.361. The highest BCUT2D eigenvalue weighted by Crippen LogP contribution is 2.32. The van der Waals surface area contributed by atoms with Gasteiger partial charge in [-0.1, -0.05) is 68.5 Å². The van der Waals surface area contributed by atoms with E-state index in [0.29, 0.717) is 49.9 Å². The van der Waals surface area contributed by atoms with E-state index in [2.05, 4.69) is 0 Å². The van der Waals surface area contributed by atoms with Crippen LogP contribution >= 0.6 is 0 Å². The number of anilines is 1. The van der Waals surface area contributed by atoms with Crippen LogP contribution in [0.4, 0.5) is 11.4 Å². The van der Waals surface area contributed by atoms with Gasteiger partial charge in [-0.3, -0.25) is 9.59 Å². The summed E-state index contributed by atoms with van der Waals surface area (Å²) >= 11 is 0. The number of carbonyl (C=O) groups excluding carboxylic acids is 1. The number of aryl methyl sites for hydroxylation is 1. The largest absolute Gasteiger partial charge is 0.627 e. The molecule has 0 unspecified atom stereocenters. The van der Waals surface area contributed by atoms with E-state index in [-0.39, 0.29) is 11.6 Å². The number of piperazine rings is 1. The number of rotatable bonds is 7. The number of nitrogens with zero attached hydrogens (tertiary/aromatic N) is 3. The molecule has 8 nitrogen and oxygen atoms in total. The van der Waals surface area contributed by atoms with Crippen LogP contribution in [-0.2, 0) is 11.3 Å². The first-order valence-electron chi connectivity index (χ1n) is 13.1. The van der Waals surface area contributed by atoms with Gasteiger partial charge >= 0.3 is 5.56 Å². The number of fused-ring (bicyclic) bond motifs is 1. The van der Waals surface area contributed by atoms with Crippen molar-refractivity contribution in [3.63, 3.8) is 0 Å². The molecule has 2 aliphatic rings. The maximum atomic E-state index is 13.6. The summed E-state index contributed by atoms with van der Waals surface area (Å²) in [6.45, 7) is 5.98. The molecule has 1 aliphatic carbocycles. The monoisotopic (exact) mass is 493 g/mol. The molecule has 0 bridgehead atoms. The van der Waals surface area contributed by atoms with Crippen molar-refractivity contribution in [2.75, 3.05) is 31.1 Å². The van der Waals surface area contributed by atoms with Crippen molar-refractivity contribution in [2.45, 2.75) is 58.9 Å². The Bertz CT molecular complexity index is 1190. The predicted octanol–water partition coefficient (Wildman–Crippen LogP) is 3.65. The van der Waals surface area contributed by atoms with E-state index in [4.69, 9.17) is 0 Å². The van der Waals surface area contributed by atoms with Crippen LogP contribution in [0.5, 0.6) is 0 Å². The molecule has 8 heteroatoms. The highest BCUT2D eigenvalue weighted by atomic mass is 16.8. The van der Waals surface area contributed by atoms with Gasteiger partial charge in [-0.15, -0.1) is 0 Å². The van der Waals surface area contributed by atoms with E-state index in [1.54, 1.807) is 22.5 Å². The molecule has 1 saturated carbocycles. The van der Waals surface area contributed by atoms with Crippen molar-refractivity contribution in [3.8, 4) is 0 Å². The lowest BCUT2D eigenvalue weighted by atomic mass is 9.87. The van der Waals surface area contributed by atoms with Gasteiger partial charge < -0.3 is 30.0 Å². The van der Waals surface area contributed by atoms with Gasteiger partial charge in [-0.05, 0) is 32.3 Å². The fourth-order valence-corrected chi connectivity index (χ4v) is 5.61. The van der Waals surface area contributed by atoms with Crippen LogP contribution in [0.1, 0.15) is 52.4 Å². The van der Waals surface area contributed by atoms with Crippen molar-refractivity contribution in [1.29, 1.82) is 0 Å². The number of quaternary nitrogens is 1. The fourth-order valence-electron chi connectivity index (χ4n) is 5.61. The average Bonchev–Trinajstić information content (AvgIpc) is 2.90. The molecule has 1 aromatic heterocycles. The van der Waals surface area contributed by atoms with Gasteiger partial charge in [0.25, 0.3) is 0 Å². The summed E-state index contributed by atoms with van der Waals surface area (Å²) in [5.74, 6) is 0.544. The van der Waals surface area contributed by atoms with E-state index in [9.17, 15) is 20.0 Å². The van der Waals surface area contributed by atoms with Gasteiger partial charge in [0, 0.05) is 43.7 Å². The molecule has 2 fully saturated rings. The minimum Gasteiger partial charge on any atom is -0.627 e. The van der Waals surface area contributed by atoms with Crippen LogP contribution in [0.25, 0.3) is 10.9 Å². The van der Waals surface area contributed by atoms with Gasteiger partial charge in [0.1, 0.15) is 5.69 Å². The van der Waals surface area contributed by atoms with E-state index >= 15 is 0 Å². The first kappa shape index (κ1) is 26.1. The Kier molecular flexibility index (Phi) is 8.61. The Morgan fingerprint density at radius 2 is 1.78 bits per heavy atom. The number of nitrogens with one attached hydrogen (secondary N) is 1. The van der Waals surface area contributed by atoms with Crippen LogP contribution in [0.15, 0.2) is 52.9 Å². The minimum atomic E-state index is -1.45. The number of benzene rings is 1. The highest BCUT2D eigenvalue weighted by molar-refractivity contribution is 5.97. The molecule has 1 N–H and O–H groups in total. The first-order valence-corrected chi connectivity index (χ1v) is 13.1. The molecule has 36 heavy (non-hydrogen) atoms. The minimum absolute atomic E-state index is 0.0316. The van der Waals surface area contributed by atoms with Crippen LogP contribution in [0.3, 0.4) is 0 Å². The Morgan fingerprint density at radius 1 is 1.08 bits per heavy atom. The second-order valence-corrected chi connectivity index (χ2v) is 9.93. The second kappa shape index (κ2) is 11.9. The zero-order valence-corrected chi connectivity index (χ0v) is 21.4.